The largest absolute Gasteiger partial charge is 0.489 e. The normalized spacial score (nSPS) is 13.2. The molecule has 2 aromatic heterocycles. The molecule has 0 radical (unpaired) electrons. The molecule has 0 aliphatic carbocycles. The smallest absolute Gasteiger partial charge is 0.259 e. The Morgan fingerprint density at radius 3 is 1.98 bits per heavy atom. The van der Waals surface area contributed by atoms with Crippen LogP contribution in [0.25, 0.3) is 33.0 Å². The van der Waals surface area contributed by atoms with E-state index in [0.717, 1.165) is 52.4 Å². The number of hydrogen-bond donors (Lipinski definition) is 3. The molecular formula is C38H34N4O4. The summed E-state index contributed by atoms with van der Waals surface area (Å²) in [7, 11) is 1.93. The fourth-order valence-electron chi connectivity index (χ4n) is 6.02. The summed E-state index contributed by atoms with van der Waals surface area (Å²) >= 11 is 0. The number of imide groups is 1. The van der Waals surface area contributed by atoms with Crippen molar-refractivity contribution in [3.63, 3.8) is 0 Å². The van der Waals surface area contributed by atoms with E-state index in [1.165, 1.54) is 0 Å². The van der Waals surface area contributed by atoms with Crippen LogP contribution in [0.3, 0.4) is 0 Å². The molecule has 0 unspecified atom stereocenters. The Morgan fingerprint density at radius 2 is 1.33 bits per heavy atom. The molecule has 0 bridgehead atoms. The molecule has 0 spiro atoms. The van der Waals surface area contributed by atoms with Crippen molar-refractivity contribution < 1.29 is 19.1 Å². The van der Waals surface area contributed by atoms with Gasteiger partial charge in [-0.2, -0.15) is 0 Å². The van der Waals surface area contributed by atoms with Gasteiger partial charge < -0.3 is 24.3 Å². The number of aromatic amines is 1. The summed E-state index contributed by atoms with van der Waals surface area (Å²) in [6, 6.07) is 31.6. The van der Waals surface area contributed by atoms with E-state index in [-0.39, 0.29) is 0 Å². The van der Waals surface area contributed by atoms with Gasteiger partial charge in [0, 0.05) is 51.9 Å². The Hall–Kier alpha value is -5.60. The maximum atomic E-state index is 13.6. The molecule has 0 atom stereocenters. The van der Waals surface area contributed by atoms with Gasteiger partial charge in [0.15, 0.2) is 0 Å². The molecule has 7 rings (SSSR count). The molecule has 1 aliphatic heterocycles. The fourth-order valence-corrected chi connectivity index (χ4v) is 6.02. The predicted octanol–water partition coefficient (Wildman–Crippen LogP) is 6.46. The van der Waals surface area contributed by atoms with Gasteiger partial charge in [0.2, 0.25) is 0 Å². The quantitative estimate of drug-likeness (QED) is 0.109. The lowest BCUT2D eigenvalue weighted by Gasteiger charge is -2.09. The Labute approximate surface area is 266 Å². The Kier molecular flexibility index (Phi) is 8.10. The van der Waals surface area contributed by atoms with Crippen LogP contribution in [0.5, 0.6) is 11.5 Å². The zero-order chi connectivity index (χ0) is 31.5. The molecule has 3 heterocycles. The lowest BCUT2D eigenvalue weighted by Crippen LogP contribution is -2.22. The van der Waals surface area contributed by atoms with E-state index >= 15 is 0 Å². The topological polar surface area (TPSA) is 97.4 Å². The van der Waals surface area contributed by atoms with E-state index in [0.29, 0.717) is 47.0 Å². The number of aryl methyl sites for hydroxylation is 1. The highest BCUT2D eigenvalue weighted by atomic mass is 16.5. The van der Waals surface area contributed by atoms with Gasteiger partial charge in [-0.25, -0.2) is 0 Å². The summed E-state index contributed by atoms with van der Waals surface area (Å²) in [5.74, 6) is 0.509. The third-order valence-electron chi connectivity index (χ3n) is 8.30. The van der Waals surface area contributed by atoms with Gasteiger partial charge in [-0.05, 0) is 67.5 Å². The second-order valence-electron chi connectivity index (χ2n) is 11.4. The van der Waals surface area contributed by atoms with Crippen LogP contribution >= 0.6 is 0 Å². The van der Waals surface area contributed by atoms with Crippen molar-refractivity contribution in [3.8, 4) is 11.5 Å². The number of nitrogens with one attached hydrogen (secondary N) is 3. The number of benzene rings is 4. The third kappa shape index (κ3) is 5.78. The van der Waals surface area contributed by atoms with E-state index in [1.54, 1.807) is 6.20 Å². The minimum atomic E-state index is -0.427. The maximum absolute atomic E-state index is 13.6. The second kappa shape index (κ2) is 12.8. The van der Waals surface area contributed by atoms with Crippen LogP contribution in [0.4, 0.5) is 0 Å². The molecule has 46 heavy (non-hydrogen) atoms. The van der Waals surface area contributed by atoms with Gasteiger partial charge in [0.25, 0.3) is 11.8 Å². The van der Waals surface area contributed by atoms with Gasteiger partial charge in [0.1, 0.15) is 24.7 Å². The molecule has 8 heteroatoms. The van der Waals surface area contributed by atoms with Crippen molar-refractivity contribution in [2.75, 3.05) is 13.6 Å². The van der Waals surface area contributed by atoms with Crippen LogP contribution in [0.2, 0.25) is 0 Å². The first-order valence-corrected chi connectivity index (χ1v) is 15.4. The average Bonchev–Trinajstić information content (AvgIpc) is 3.75. The average molecular weight is 611 g/mol. The zero-order valence-corrected chi connectivity index (χ0v) is 25.5. The van der Waals surface area contributed by atoms with Crippen LogP contribution in [-0.4, -0.2) is 35.0 Å². The second-order valence-corrected chi connectivity index (χ2v) is 11.4. The van der Waals surface area contributed by atoms with Crippen molar-refractivity contribution >= 4 is 44.8 Å². The molecule has 230 valence electrons. The number of aromatic nitrogens is 2. The summed E-state index contributed by atoms with van der Waals surface area (Å²) < 4.78 is 14.4. The van der Waals surface area contributed by atoms with Crippen molar-refractivity contribution in [1.29, 1.82) is 0 Å². The van der Waals surface area contributed by atoms with Crippen molar-refractivity contribution in [1.82, 2.24) is 20.2 Å². The molecule has 0 saturated heterocycles. The predicted molar refractivity (Wildman–Crippen MR) is 180 cm³/mol. The summed E-state index contributed by atoms with van der Waals surface area (Å²) in [6.07, 6.45) is 4.68. The van der Waals surface area contributed by atoms with Gasteiger partial charge in [0.05, 0.1) is 11.1 Å². The van der Waals surface area contributed by atoms with E-state index in [1.807, 2.05) is 110 Å². The first-order valence-electron chi connectivity index (χ1n) is 15.4. The van der Waals surface area contributed by atoms with Gasteiger partial charge >= 0.3 is 0 Å². The fraction of sp³-hybridized carbons (Fsp3) is 0.158. The minimum Gasteiger partial charge on any atom is -0.489 e. The molecule has 0 fully saturated rings. The summed E-state index contributed by atoms with van der Waals surface area (Å²) in [5.41, 5.74) is 5.94. The van der Waals surface area contributed by atoms with Crippen LogP contribution in [-0.2, 0) is 29.3 Å². The highest BCUT2D eigenvalue weighted by Gasteiger charge is 2.35. The Bertz CT molecular complexity index is 2080. The monoisotopic (exact) mass is 610 g/mol. The van der Waals surface area contributed by atoms with Crippen LogP contribution in [0.1, 0.15) is 28.7 Å². The number of ether oxygens (including phenoxy) is 2. The molecule has 2 amide bonds. The number of amides is 2. The van der Waals surface area contributed by atoms with Gasteiger partial charge in [-0.3, -0.25) is 14.9 Å². The van der Waals surface area contributed by atoms with E-state index in [2.05, 4.69) is 20.2 Å². The Morgan fingerprint density at radius 1 is 0.717 bits per heavy atom. The van der Waals surface area contributed by atoms with Crippen LogP contribution in [0, 0.1) is 0 Å². The number of H-pyrrole nitrogens is 1. The first-order chi connectivity index (χ1) is 22.6. The molecule has 1 aliphatic rings. The van der Waals surface area contributed by atoms with Crippen LogP contribution in [0.15, 0.2) is 109 Å². The first kappa shape index (κ1) is 29.1. The van der Waals surface area contributed by atoms with Crippen molar-refractivity contribution in [2.24, 2.45) is 0 Å². The number of hydrogen-bond acceptors (Lipinski definition) is 5. The summed E-state index contributed by atoms with van der Waals surface area (Å²) in [4.78, 5) is 30.4. The highest BCUT2D eigenvalue weighted by molar-refractivity contribution is 6.50. The molecular weight excluding hydrogens is 576 g/mol. The van der Waals surface area contributed by atoms with Crippen molar-refractivity contribution in [2.45, 2.75) is 26.2 Å². The lowest BCUT2D eigenvalue weighted by molar-refractivity contribution is -0.122. The molecule has 0 saturated carbocycles. The lowest BCUT2D eigenvalue weighted by atomic mass is 9.95. The Balaban J connectivity index is 1.31. The third-order valence-corrected chi connectivity index (χ3v) is 8.30. The van der Waals surface area contributed by atoms with E-state index in [9.17, 15) is 9.59 Å². The van der Waals surface area contributed by atoms with Crippen LogP contribution < -0.4 is 20.1 Å². The summed E-state index contributed by atoms with van der Waals surface area (Å²) in [5, 5.41) is 7.42. The van der Waals surface area contributed by atoms with E-state index in [4.69, 9.17) is 9.47 Å². The van der Waals surface area contributed by atoms with Gasteiger partial charge in [-0.1, -0.05) is 60.7 Å². The van der Waals surface area contributed by atoms with E-state index < -0.39 is 11.8 Å². The molecule has 4 aromatic carbocycles. The molecule has 3 N–H and O–H groups in total. The number of carbonyl (C=O) groups excluding carboxylic acids is 2. The molecule has 8 nitrogen and oxygen atoms in total. The zero-order valence-electron chi connectivity index (χ0n) is 25.5. The standard InChI is InChI=1S/C38H34N4O4/c1-39-17-8-18-42-22-32(30-20-28(14-16-34(30)42)46-24-26-11-6-3-7-12-26)36-35(37(43)41-38(36)44)31-21-40-33-15-13-27(19-29(31)33)45-23-25-9-4-2-5-10-25/h2-7,9-16,19-22,39-40H,8,17-18,23-24H2,1H3,(H,41,43,44). The SMILES string of the molecule is CNCCCn1cc(C2=C(c3c[nH]c4ccc(OCc5ccccc5)cc34)C(=O)NC2=O)c2cc(OCc3ccccc3)ccc21. The molecule has 6 aromatic rings. The summed E-state index contributed by atoms with van der Waals surface area (Å²) in [6.45, 7) is 2.43. The maximum Gasteiger partial charge on any atom is 0.259 e. The number of carbonyl (C=O) groups is 2. The number of fused-ring (bicyclic) bond motifs is 2. The van der Waals surface area contributed by atoms with Gasteiger partial charge in [-0.15, -0.1) is 0 Å². The highest BCUT2D eigenvalue weighted by Crippen LogP contribution is 2.40. The number of rotatable bonds is 12. The van der Waals surface area contributed by atoms with Crippen molar-refractivity contribution in [3.05, 3.63) is 132 Å². The number of nitrogens with zero attached hydrogens (tertiary/aromatic N) is 1. The minimum absolute atomic E-state index is 0.335.